The normalized spacial score (nSPS) is 19.0. The van der Waals surface area contributed by atoms with Gasteiger partial charge in [0.1, 0.15) is 0 Å². The molecule has 0 radical (unpaired) electrons. The molecule has 1 N–H and O–H groups in total. The van der Waals surface area contributed by atoms with Gasteiger partial charge in [0.2, 0.25) is 0 Å². The summed E-state index contributed by atoms with van der Waals surface area (Å²) in [7, 11) is 0. The molecular weight excluding hydrogens is 216 g/mol. The maximum absolute atomic E-state index is 3.43. The van der Waals surface area contributed by atoms with Gasteiger partial charge in [-0.2, -0.15) is 0 Å². The van der Waals surface area contributed by atoms with Crippen LogP contribution in [0.1, 0.15) is 17.7 Å². The van der Waals surface area contributed by atoms with E-state index in [4.69, 9.17) is 0 Å². The Bertz CT molecular complexity index is 298. The van der Waals surface area contributed by atoms with Crippen LogP contribution in [0.15, 0.2) is 23.6 Å². The maximum atomic E-state index is 3.43. The third kappa shape index (κ3) is 4.08. The molecule has 0 spiro atoms. The van der Waals surface area contributed by atoms with Crippen LogP contribution in [0, 0.1) is 0 Å². The second-order valence-corrected chi connectivity index (χ2v) is 5.13. The second-order valence-electron chi connectivity index (χ2n) is 4.15. The zero-order valence-corrected chi connectivity index (χ0v) is 10.5. The molecule has 1 saturated heterocycles. The van der Waals surface area contributed by atoms with E-state index in [1.54, 1.807) is 11.3 Å². The fourth-order valence-electron chi connectivity index (χ4n) is 1.97. The molecule has 0 atom stereocenters. The van der Waals surface area contributed by atoms with Crippen LogP contribution in [0.4, 0.5) is 0 Å². The molecule has 1 aliphatic heterocycles. The molecule has 1 aromatic heterocycles. The number of nitrogens with one attached hydrogen (secondary N) is 1. The molecular formula is C13H20N2S. The topological polar surface area (TPSA) is 15.3 Å². The minimum absolute atomic E-state index is 1.15. The molecule has 1 aliphatic rings. The summed E-state index contributed by atoms with van der Waals surface area (Å²) in [5, 5.41) is 5.56. The van der Waals surface area contributed by atoms with E-state index < -0.39 is 0 Å². The number of thiophene rings is 1. The van der Waals surface area contributed by atoms with Gasteiger partial charge in [-0.3, -0.25) is 0 Å². The largest absolute Gasteiger partial charge is 0.315 e. The van der Waals surface area contributed by atoms with Gasteiger partial charge in [0.25, 0.3) is 0 Å². The predicted molar refractivity (Wildman–Crippen MR) is 71.9 cm³/mol. The number of hydrogen-bond donors (Lipinski definition) is 1. The monoisotopic (exact) mass is 236 g/mol. The fourth-order valence-corrected chi connectivity index (χ4v) is 2.61. The van der Waals surface area contributed by atoms with E-state index >= 15 is 0 Å². The summed E-state index contributed by atoms with van der Waals surface area (Å²) in [6.45, 7) is 5.98. The summed E-state index contributed by atoms with van der Waals surface area (Å²) < 4.78 is 0. The molecule has 0 aliphatic carbocycles. The summed E-state index contributed by atoms with van der Waals surface area (Å²) in [5.74, 6) is 0. The summed E-state index contributed by atoms with van der Waals surface area (Å²) in [4.78, 5) is 3.91. The first-order chi connectivity index (χ1) is 7.95. The van der Waals surface area contributed by atoms with E-state index in [2.05, 4.69) is 39.9 Å². The first-order valence-corrected chi connectivity index (χ1v) is 6.96. The standard InChI is InChI=1S/C13H20N2S/c1(5-13-6-3-12-16-13)2-9-15-10-4-7-14-8-11-15/h1,3,5-6,12,14H,2,4,7-11H2/b5-1+. The van der Waals surface area contributed by atoms with Crippen molar-refractivity contribution in [1.29, 1.82) is 0 Å². The average molecular weight is 236 g/mol. The van der Waals surface area contributed by atoms with E-state index in [1.165, 1.54) is 37.5 Å². The molecule has 0 saturated carbocycles. The molecule has 1 fully saturated rings. The van der Waals surface area contributed by atoms with Crippen LogP contribution in [-0.2, 0) is 0 Å². The second kappa shape index (κ2) is 6.84. The van der Waals surface area contributed by atoms with Crippen molar-refractivity contribution in [1.82, 2.24) is 10.2 Å². The van der Waals surface area contributed by atoms with Crippen LogP contribution in [-0.4, -0.2) is 37.6 Å². The first kappa shape index (κ1) is 11.8. The molecule has 88 valence electrons. The molecule has 0 aromatic carbocycles. The van der Waals surface area contributed by atoms with Crippen molar-refractivity contribution < 1.29 is 0 Å². The van der Waals surface area contributed by atoms with Crippen LogP contribution in [0.3, 0.4) is 0 Å². The summed E-state index contributed by atoms with van der Waals surface area (Å²) >= 11 is 1.80. The quantitative estimate of drug-likeness (QED) is 0.864. The Kier molecular flexibility index (Phi) is 5.06. The van der Waals surface area contributed by atoms with Crippen LogP contribution in [0.25, 0.3) is 6.08 Å². The van der Waals surface area contributed by atoms with Gasteiger partial charge in [-0.15, -0.1) is 11.3 Å². The zero-order valence-electron chi connectivity index (χ0n) is 9.69. The summed E-state index contributed by atoms with van der Waals surface area (Å²) in [5.41, 5.74) is 0. The van der Waals surface area contributed by atoms with E-state index in [0.717, 1.165) is 13.0 Å². The average Bonchev–Trinajstić information content (AvgIpc) is 2.68. The van der Waals surface area contributed by atoms with Gasteiger partial charge in [0.05, 0.1) is 0 Å². The van der Waals surface area contributed by atoms with E-state index in [1.807, 2.05) is 0 Å². The highest BCUT2D eigenvalue weighted by atomic mass is 32.1. The summed E-state index contributed by atoms with van der Waals surface area (Å²) in [6, 6.07) is 4.27. The van der Waals surface area contributed by atoms with Gasteiger partial charge in [0, 0.05) is 24.5 Å². The zero-order chi connectivity index (χ0) is 11.1. The molecule has 2 heterocycles. The van der Waals surface area contributed by atoms with Crippen LogP contribution in [0.2, 0.25) is 0 Å². The van der Waals surface area contributed by atoms with Crippen molar-refractivity contribution in [2.75, 3.05) is 32.7 Å². The highest BCUT2D eigenvalue weighted by Crippen LogP contribution is 2.10. The Morgan fingerprint density at radius 2 is 2.38 bits per heavy atom. The van der Waals surface area contributed by atoms with Crippen molar-refractivity contribution in [3.63, 3.8) is 0 Å². The van der Waals surface area contributed by atoms with Gasteiger partial charge in [0.15, 0.2) is 0 Å². The van der Waals surface area contributed by atoms with Crippen molar-refractivity contribution in [3.05, 3.63) is 28.5 Å². The van der Waals surface area contributed by atoms with Crippen LogP contribution < -0.4 is 5.32 Å². The van der Waals surface area contributed by atoms with Crippen molar-refractivity contribution in [3.8, 4) is 0 Å². The SMILES string of the molecule is C(=C\c1cccs1)/CCN1CCCNCC1. The molecule has 3 heteroatoms. The Balaban J connectivity index is 1.67. The van der Waals surface area contributed by atoms with Crippen molar-refractivity contribution in [2.45, 2.75) is 12.8 Å². The highest BCUT2D eigenvalue weighted by Gasteiger charge is 2.06. The smallest absolute Gasteiger partial charge is 0.0267 e. The minimum Gasteiger partial charge on any atom is -0.315 e. The molecule has 0 bridgehead atoms. The third-order valence-corrected chi connectivity index (χ3v) is 3.71. The Morgan fingerprint density at radius 1 is 1.38 bits per heavy atom. The molecule has 2 rings (SSSR count). The Morgan fingerprint density at radius 3 is 3.25 bits per heavy atom. The lowest BCUT2D eigenvalue weighted by atomic mass is 10.3. The molecule has 0 amide bonds. The van der Waals surface area contributed by atoms with Gasteiger partial charge in [-0.1, -0.05) is 12.1 Å². The Labute approximate surface area is 102 Å². The van der Waals surface area contributed by atoms with E-state index in [9.17, 15) is 0 Å². The van der Waals surface area contributed by atoms with Gasteiger partial charge < -0.3 is 10.2 Å². The molecule has 0 unspecified atom stereocenters. The van der Waals surface area contributed by atoms with Crippen molar-refractivity contribution in [2.24, 2.45) is 0 Å². The first-order valence-electron chi connectivity index (χ1n) is 6.08. The maximum Gasteiger partial charge on any atom is 0.0267 e. The number of rotatable bonds is 4. The Hall–Kier alpha value is -0.640. The minimum atomic E-state index is 1.15. The van der Waals surface area contributed by atoms with Crippen LogP contribution >= 0.6 is 11.3 Å². The fraction of sp³-hybridized carbons (Fsp3) is 0.538. The highest BCUT2D eigenvalue weighted by molar-refractivity contribution is 7.10. The van der Waals surface area contributed by atoms with Crippen LogP contribution in [0.5, 0.6) is 0 Å². The summed E-state index contributed by atoms with van der Waals surface area (Å²) in [6.07, 6.45) is 6.98. The predicted octanol–water partition coefficient (Wildman–Crippen LogP) is 2.45. The molecule has 16 heavy (non-hydrogen) atoms. The number of nitrogens with zero attached hydrogens (tertiary/aromatic N) is 1. The number of hydrogen-bond acceptors (Lipinski definition) is 3. The van der Waals surface area contributed by atoms with E-state index in [0.29, 0.717) is 0 Å². The third-order valence-electron chi connectivity index (χ3n) is 2.87. The lowest BCUT2D eigenvalue weighted by molar-refractivity contribution is 0.298. The van der Waals surface area contributed by atoms with Gasteiger partial charge in [-0.25, -0.2) is 0 Å². The van der Waals surface area contributed by atoms with Crippen molar-refractivity contribution >= 4 is 17.4 Å². The lowest BCUT2D eigenvalue weighted by Crippen LogP contribution is -2.28. The molecule has 2 nitrogen and oxygen atoms in total. The van der Waals surface area contributed by atoms with Gasteiger partial charge in [-0.05, 0) is 43.5 Å². The molecule has 1 aromatic rings. The lowest BCUT2D eigenvalue weighted by Gasteiger charge is -2.17. The van der Waals surface area contributed by atoms with E-state index in [-0.39, 0.29) is 0 Å². The van der Waals surface area contributed by atoms with Gasteiger partial charge >= 0.3 is 0 Å².